The molecule has 0 aromatic heterocycles. The Labute approximate surface area is 87.8 Å². The van der Waals surface area contributed by atoms with Gasteiger partial charge in [0.25, 0.3) is 0 Å². The van der Waals surface area contributed by atoms with E-state index in [4.69, 9.17) is 5.73 Å². The summed E-state index contributed by atoms with van der Waals surface area (Å²) in [5, 5.41) is 2.19. The summed E-state index contributed by atoms with van der Waals surface area (Å²) in [6, 6.07) is -1.28. The highest BCUT2D eigenvalue weighted by Crippen LogP contribution is 2.10. The summed E-state index contributed by atoms with van der Waals surface area (Å²) in [5.41, 5.74) is 5.44. The Morgan fingerprint density at radius 3 is 2.73 bits per heavy atom. The molecule has 1 unspecified atom stereocenters. The zero-order chi connectivity index (χ0) is 11.6. The van der Waals surface area contributed by atoms with Crippen molar-refractivity contribution < 1.29 is 14.4 Å². The number of carbonyl (C=O) groups is 3. The van der Waals surface area contributed by atoms with Crippen LogP contribution < -0.4 is 11.1 Å². The van der Waals surface area contributed by atoms with E-state index in [1.165, 1.54) is 11.8 Å². The third-order valence-electron chi connectivity index (χ3n) is 2.31. The minimum absolute atomic E-state index is 0.0926. The van der Waals surface area contributed by atoms with E-state index in [1.807, 2.05) is 0 Å². The van der Waals surface area contributed by atoms with Gasteiger partial charge < -0.3 is 10.6 Å². The fourth-order valence-corrected chi connectivity index (χ4v) is 1.57. The van der Waals surface area contributed by atoms with Gasteiger partial charge in [-0.25, -0.2) is 0 Å². The van der Waals surface area contributed by atoms with E-state index in [-0.39, 0.29) is 12.5 Å². The zero-order valence-corrected chi connectivity index (χ0v) is 8.82. The second-order valence-corrected chi connectivity index (χ2v) is 3.59. The predicted octanol–water partition coefficient (Wildman–Crippen LogP) is -1.40. The lowest BCUT2D eigenvalue weighted by atomic mass is 10.1. The number of amides is 3. The lowest BCUT2D eigenvalue weighted by Gasteiger charge is -2.34. The van der Waals surface area contributed by atoms with Crippen molar-refractivity contribution in [2.45, 2.75) is 32.4 Å². The van der Waals surface area contributed by atoms with Crippen LogP contribution in [0.3, 0.4) is 0 Å². The maximum atomic E-state index is 11.6. The first-order valence-corrected chi connectivity index (χ1v) is 4.87. The largest absolute Gasteiger partial charge is 0.320 e. The molecule has 0 aliphatic carbocycles. The van der Waals surface area contributed by atoms with Crippen molar-refractivity contribution in [1.82, 2.24) is 10.2 Å². The number of piperazine rings is 1. The number of rotatable bonds is 2. The van der Waals surface area contributed by atoms with E-state index in [1.54, 1.807) is 6.92 Å². The maximum absolute atomic E-state index is 11.6. The van der Waals surface area contributed by atoms with Gasteiger partial charge in [-0.2, -0.15) is 0 Å². The molecule has 15 heavy (non-hydrogen) atoms. The smallest absolute Gasteiger partial charge is 0.249 e. The normalized spacial score (nSPS) is 23.7. The Hall–Kier alpha value is -1.43. The molecule has 3 amide bonds. The van der Waals surface area contributed by atoms with Crippen LogP contribution in [0.1, 0.15) is 20.3 Å². The Morgan fingerprint density at radius 2 is 2.27 bits per heavy atom. The molecule has 1 saturated heterocycles. The van der Waals surface area contributed by atoms with Crippen molar-refractivity contribution in [3.8, 4) is 0 Å². The lowest BCUT2D eigenvalue weighted by Crippen LogP contribution is -2.61. The van der Waals surface area contributed by atoms with Gasteiger partial charge in [0.2, 0.25) is 17.7 Å². The summed E-state index contributed by atoms with van der Waals surface area (Å²) in [6.45, 7) is 3.22. The second-order valence-electron chi connectivity index (χ2n) is 3.59. The van der Waals surface area contributed by atoms with Gasteiger partial charge in [0.05, 0.1) is 6.04 Å². The molecule has 6 nitrogen and oxygen atoms in total. The zero-order valence-electron chi connectivity index (χ0n) is 8.82. The molecule has 0 saturated carbocycles. The van der Waals surface area contributed by atoms with E-state index in [9.17, 15) is 14.4 Å². The summed E-state index contributed by atoms with van der Waals surface area (Å²) in [4.78, 5) is 35.4. The highest BCUT2D eigenvalue weighted by atomic mass is 16.2. The monoisotopic (exact) mass is 213 g/mol. The molecule has 2 atom stereocenters. The molecule has 1 aliphatic rings. The minimum atomic E-state index is -0.697. The molecule has 0 radical (unpaired) electrons. The van der Waals surface area contributed by atoms with E-state index >= 15 is 0 Å². The molecule has 0 spiro atoms. The number of hydrogen-bond donors (Lipinski definition) is 2. The molecule has 1 heterocycles. The quantitative estimate of drug-likeness (QED) is 0.552. The predicted molar refractivity (Wildman–Crippen MR) is 52.6 cm³/mol. The number of hydrogen-bond acceptors (Lipinski definition) is 4. The molecule has 0 bridgehead atoms. The van der Waals surface area contributed by atoms with Gasteiger partial charge in [-0.05, 0) is 13.3 Å². The summed E-state index contributed by atoms with van der Waals surface area (Å²) < 4.78 is 0. The van der Waals surface area contributed by atoms with Crippen LogP contribution in [-0.2, 0) is 14.4 Å². The van der Waals surface area contributed by atoms with Crippen LogP contribution in [0.25, 0.3) is 0 Å². The highest BCUT2D eigenvalue weighted by molar-refractivity contribution is 6.04. The first kappa shape index (κ1) is 11.6. The van der Waals surface area contributed by atoms with Gasteiger partial charge in [-0.3, -0.25) is 19.7 Å². The third-order valence-corrected chi connectivity index (χ3v) is 2.31. The fourth-order valence-electron chi connectivity index (χ4n) is 1.57. The van der Waals surface area contributed by atoms with Crippen molar-refractivity contribution in [3.05, 3.63) is 0 Å². The van der Waals surface area contributed by atoms with Crippen LogP contribution in [0.4, 0.5) is 0 Å². The fraction of sp³-hybridized carbons (Fsp3) is 0.667. The van der Waals surface area contributed by atoms with Crippen molar-refractivity contribution in [3.63, 3.8) is 0 Å². The summed E-state index contributed by atoms with van der Waals surface area (Å²) in [7, 11) is 0. The van der Waals surface area contributed by atoms with E-state index in [2.05, 4.69) is 5.32 Å². The van der Waals surface area contributed by atoms with E-state index in [0.717, 1.165) is 0 Å². The van der Waals surface area contributed by atoms with Gasteiger partial charge in [-0.15, -0.1) is 0 Å². The van der Waals surface area contributed by atoms with Gasteiger partial charge in [0.1, 0.15) is 12.6 Å². The topological polar surface area (TPSA) is 92.5 Å². The average molecular weight is 213 g/mol. The second kappa shape index (κ2) is 4.39. The molecule has 0 aromatic rings. The van der Waals surface area contributed by atoms with Crippen molar-refractivity contribution in [2.75, 3.05) is 6.54 Å². The van der Waals surface area contributed by atoms with Gasteiger partial charge >= 0.3 is 0 Å². The van der Waals surface area contributed by atoms with Crippen molar-refractivity contribution in [2.24, 2.45) is 5.73 Å². The molecule has 6 heteroatoms. The van der Waals surface area contributed by atoms with Crippen LogP contribution in [-0.4, -0.2) is 41.2 Å². The molecular weight excluding hydrogens is 198 g/mol. The molecule has 3 N–H and O–H groups in total. The Bertz CT molecular complexity index is 301. The standard InChI is InChI=1S/C9H15N3O3/c1-3-6-8(14)11-7(13)4-12(6)9(15)5(2)10/h5-6H,3-4,10H2,1-2H3,(H,11,13,14)/t5-,6?/m0/s1. The SMILES string of the molecule is CCC1C(=O)NC(=O)CN1C(=O)[C@H](C)N. The molecule has 1 rings (SSSR count). The number of carbonyl (C=O) groups excluding carboxylic acids is 3. The minimum Gasteiger partial charge on any atom is -0.320 e. The van der Waals surface area contributed by atoms with Gasteiger partial charge in [0.15, 0.2) is 0 Å². The molecule has 84 valence electrons. The first-order chi connectivity index (χ1) is 6.97. The van der Waals surface area contributed by atoms with E-state index < -0.39 is 23.9 Å². The van der Waals surface area contributed by atoms with Crippen LogP contribution in [0.2, 0.25) is 0 Å². The maximum Gasteiger partial charge on any atom is 0.249 e. The lowest BCUT2D eigenvalue weighted by molar-refractivity contribution is -0.150. The van der Waals surface area contributed by atoms with Crippen LogP contribution in [0.15, 0.2) is 0 Å². The first-order valence-electron chi connectivity index (χ1n) is 4.87. The van der Waals surface area contributed by atoms with Gasteiger partial charge in [0, 0.05) is 0 Å². The Morgan fingerprint density at radius 1 is 1.67 bits per heavy atom. The van der Waals surface area contributed by atoms with Crippen molar-refractivity contribution >= 4 is 17.7 Å². The van der Waals surface area contributed by atoms with Crippen LogP contribution in [0, 0.1) is 0 Å². The molecule has 1 aliphatic heterocycles. The molecule has 1 fully saturated rings. The summed E-state index contributed by atoms with van der Waals surface area (Å²) in [5.74, 6) is -1.26. The number of imide groups is 1. The third kappa shape index (κ3) is 2.33. The Balaban J connectivity index is 2.87. The van der Waals surface area contributed by atoms with Crippen LogP contribution in [0.5, 0.6) is 0 Å². The van der Waals surface area contributed by atoms with E-state index in [0.29, 0.717) is 6.42 Å². The molecular formula is C9H15N3O3. The average Bonchev–Trinajstić information content (AvgIpc) is 2.15. The molecule has 0 aromatic carbocycles. The Kier molecular flexibility index (Phi) is 3.41. The number of nitrogens with zero attached hydrogens (tertiary/aromatic N) is 1. The summed E-state index contributed by atoms with van der Waals surface area (Å²) >= 11 is 0. The highest BCUT2D eigenvalue weighted by Gasteiger charge is 2.36. The van der Waals surface area contributed by atoms with Crippen LogP contribution >= 0.6 is 0 Å². The van der Waals surface area contributed by atoms with Crippen molar-refractivity contribution in [1.29, 1.82) is 0 Å². The number of nitrogens with one attached hydrogen (secondary N) is 1. The van der Waals surface area contributed by atoms with Gasteiger partial charge in [-0.1, -0.05) is 6.92 Å². The summed E-state index contributed by atoms with van der Waals surface area (Å²) in [6.07, 6.45) is 0.470. The number of nitrogens with two attached hydrogens (primary N) is 1.